The van der Waals surface area contributed by atoms with E-state index in [4.69, 9.17) is 14.2 Å². The molecule has 4 nitrogen and oxygen atoms in total. The van der Waals surface area contributed by atoms with Crippen molar-refractivity contribution < 1.29 is 14.2 Å². The van der Waals surface area contributed by atoms with Gasteiger partial charge in [-0.05, 0) is 38.8 Å². The Morgan fingerprint density at radius 1 is 1.18 bits per heavy atom. The minimum Gasteiger partial charge on any atom is -0.490 e. The van der Waals surface area contributed by atoms with Crippen molar-refractivity contribution in [1.29, 1.82) is 0 Å². The molecule has 1 heterocycles. The molecule has 1 aliphatic heterocycles. The SMILES string of the molecule is CN(Cc1ccccc1OC1CCCC1)C[C@H]1COCCO1. The van der Waals surface area contributed by atoms with E-state index in [0.29, 0.717) is 19.3 Å². The summed E-state index contributed by atoms with van der Waals surface area (Å²) in [6.07, 6.45) is 5.56. The van der Waals surface area contributed by atoms with Gasteiger partial charge in [0, 0.05) is 18.7 Å². The highest BCUT2D eigenvalue weighted by atomic mass is 16.6. The van der Waals surface area contributed by atoms with E-state index in [1.807, 2.05) is 0 Å². The number of likely N-dealkylation sites (N-methyl/N-ethyl adjacent to an activating group) is 1. The van der Waals surface area contributed by atoms with Crippen molar-refractivity contribution >= 4 is 0 Å². The number of benzene rings is 1. The zero-order valence-electron chi connectivity index (χ0n) is 13.5. The first-order chi connectivity index (χ1) is 10.8. The molecule has 0 unspecified atom stereocenters. The summed E-state index contributed by atoms with van der Waals surface area (Å²) in [5, 5.41) is 0. The molecule has 1 aromatic rings. The van der Waals surface area contributed by atoms with Crippen LogP contribution >= 0.6 is 0 Å². The van der Waals surface area contributed by atoms with E-state index in [2.05, 4.69) is 36.2 Å². The molecule has 0 aromatic heterocycles. The third kappa shape index (κ3) is 4.45. The molecule has 2 aliphatic rings. The monoisotopic (exact) mass is 305 g/mol. The Balaban J connectivity index is 1.56. The highest BCUT2D eigenvalue weighted by molar-refractivity contribution is 5.33. The summed E-state index contributed by atoms with van der Waals surface area (Å²) in [5.74, 6) is 1.04. The summed E-state index contributed by atoms with van der Waals surface area (Å²) in [7, 11) is 2.13. The predicted octanol–water partition coefficient (Wildman–Crippen LogP) is 2.86. The van der Waals surface area contributed by atoms with Crippen molar-refractivity contribution in [3.8, 4) is 5.75 Å². The second-order valence-corrected chi connectivity index (χ2v) is 6.40. The number of ether oxygens (including phenoxy) is 3. The lowest BCUT2D eigenvalue weighted by Crippen LogP contribution is -2.38. The molecule has 122 valence electrons. The van der Waals surface area contributed by atoms with Crippen LogP contribution in [0, 0.1) is 0 Å². The van der Waals surface area contributed by atoms with E-state index in [-0.39, 0.29) is 6.10 Å². The Kier molecular flexibility index (Phi) is 5.70. The highest BCUT2D eigenvalue weighted by Gasteiger charge is 2.20. The van der Waals surface area contributed by atoms with Gasteiger partial charge in [-0.1, -0.05) is 18.2 Å². The third-order valence-corrected chi connectivity index (χ3v) is 4.41. The average Bonchev–Trinajstić information content (AvgIpc) is 3.03. The fraction of sp³-hybridized carbons (Fsp3) is 0.667. The van der Waals surface area contributed by atoms with Crippen molar-refractivity contribution in [1.82, 2.24) is 4.90 Å². The molecule has 1 saturated carbocycles. The van der Waals surface area contributed by atoms with Crippen molar-refractivity contribution in [2.75, 3.05) is 33.4 Å². The maximum Gasteiger partial charge on any atom is 0.124 e. The lowest BCUT2D eigenvalue weighted by molar-refractivity contribution is -0.0963. The van der Waals surface area contributed by atoms with E-state index >= 15 is 0 Å². The standard InChI is InChI=1S/C18H27NO3/c1-19(13-17-14-20-10-11-21-17)12-15-6-2-5-9-18(15)22-16-7-3-4-8-16/h2,5-6,9,16-17H,3-4,7-8,10-14H2,1H3/t17-/m0/s1. The zero-order chi connectivity index (χ0) is 15.2. The van der Waals surface area contributed by atoms with Crippen LogP contribution in [0.4, 0.5) is 0 Å². The maximum atomic E-state index is 6.21. The van der Waals surface area contributed by atoms with Crippen LogP contribution in [0.25, 0.3) is 0 Å². The van der Waals surface area contributed by atoms with Gasteiger partial charge in [0.05, 0.1) is 32.0 Å². The lowest BCUT2D eigenvalue weighted by atomic mass is 10.1. The molecular weight excluding hydrogens is 278 g/mol. The number of hydrogen-bond donors (Lipinski definition) is 0. The molecule has 1 atom stereocenters. The Morgan fingerprint density at radius 3 is 2.77 bits per heavy atom. The molecule has 3 rings (SSSR count). The van der Waals surface area contributed by atoms with Gasteiger partial charge in [0.15, 0.2) is 0 Å². The number of rotatable bonds is 6. The van der Waals surface area contributed by atoms with E-state index in [0.717, 1.165) is 25.4 Å². The van der Waals surface area contributed by atoms with Gasteiger partial charge >= 0.3 is 0 Å². The Labute approximate surface area is 133 Å². The Hall–Kier alpha value is -1.10. The molecule has 4 heteroatoms. The minimum absolute atomic E-state index is 0.182. The molecule has 1 aromatic carbocycles. The number of hydrogen-bond acceptors (Lipinski definition) is 4. The van der Waals surface area contributed by atoms with E-state index < -0.39 is 0 Å². The van der Waals surface area contributed by atoms with Crippen molar-refractivity contribution in [3.05, 3.63) is 29.8 Å². The van der Waals surface area contributed by atoms with Gasteiger partial charge in [0.1, 0.15) is 5.75 Å². The van der Waals surface area contributed by atoms with Gasteiger partial charge in [-0.2, -0.15) is 0 Å². The van der Waals surface area contributed by atoms with Crippen LogP contribution < -0.4 is 4.74 Å². The lowest BCUT2D eigenvalue weighted by Gasteiger charge is -2.28. The van der Waals surface area contributed by atoms with Gasteiger partial charge in [-0.3, -0.25) is 4.90 Å². The van der Waals surface area contributed by atoms with Crippen molar-refractivity contribution in [2.45, 2.75) is 44.4 Å². The molecule has 0 N–H and O–H groups in total. The number of nitrogens with zero attached hydrogens (tertiary/aromatic N) is 1. The van der Waals surface area contributed by atoms with Gasteiger partial charge < -0.3 is 14.2 Å². The third-order valence-electron chi connectivity index (χ3n) is 4.41. The summed E-state index contributed by atoms with van der Waals surface area (Å²) < 4.78 is 17.4. The minimum atomic E-state index is 0.182. The molecule has 1 saturated heterocycles. The molecule has 1 aliphatic carbocycles. The van der Waals surface area contributed by atoms with E-state index in [9.17, 15) is 0 Å². The second kappa shape index (κ2) is 7.95. The molecule has 0 amide bonds. The van der Waals surface area contributed by atoms with Crippen LogP contribution in [0.1, 0.15) is 31.2 Å². The van der Waals surface area contributed by atoms with Crippen LogP contribution in [0.2, 0.25) is 0 Å². The molecule has 22 heavy (non-hydrogen) atoms. The fourth-order valence-electron chi connectivity index (χ4n) is 3.28. The van der Waals surface area contributed by atoms with Crippen LogP contribution in [0.3, 0.4) is 0 Å². The normalized spacial score (nSPS) is 23.1. The van der Waals surface area contributed by atoms with Crippen LogP contribution in [-0.2, 0) is 16.0 Å². The molecular formula is C18H27NO3. The van der Waals surface area contributed by atoms with Gasteiger partial charge in [0.2, 0.25) is 0 Å². The van der Waals surface area contributed by atoms with Gasteiger partial charge in [-0.25, -0.2) is 0 Å². The van der Waals surface area contributed by atoms with Crippen LogP contribution in [-0.4, -0.2) is 50.5 Å². The van der Waals surface area contributed by atoms with Crippen molar-refractivity contribution in [3.63, 3.8) is 0 Å². The number of para-hydroxylation sites is 1. The first-order valence-electron chi connectivity index (χ1n) is 8.44. The van der Waals surface area contributed by atoms with Crippen LogP contribution in [0.15, 0.2) is 24.3 Å². The smallest absolute Gasteiger partial charge is 0.124 e. The summed E-state index contributed by atoms with van der Waals surface area (Å²) >= 11 is 0. The summed E-state index contributed by atoms with van der Waals surface area (Å²) in [6, 6.07) is 8.41. The van der Waals surface area contributed by atoms with E-state index in [1.54, 1.807) is 0 Å². The maximum absolute atomic E-state index is 6.21. The van der Waals surface area contributed by atoms with Gasteiger partial charge in [0.25, 0.3) is 0 Å². The van der Waals surface area contributed by atoms with Crippen molar-refractivity contribution in [2.24, 2.45) is 0 Å². The zero-order valence-corrected chi connectivity index (χ0v) is 13.5. The van der Waals surface area contributed by atoms with E-state index in [1.165, 1.54) is 31.2 Å². The summed E-state index contributed by atoms with van der Waals surface area (Å²) in [6.45, 7) is 3.89. The van der Waals surface area contributed by atoms with Gasteiger partial charge in [-0.15, -0.1) is 0 Å². The summed E-state index contributed by atoms with van der Waals surface area (Å²) in [4.78, 5) is 2.29. The topological polar surface area (TPSA) is 30.9 Å². The molecule has 2 fully saturated rings. The first-order valence-corrected chi connectivity index (χ1v) is 8.44. The highest BCUT2D eigenvalue weighted by Crippen LogP contribution is 2.27. The Bertz CT molecular complexity index is 453. The quantitative estimate of drug-likeness (QED) is 0.808. The first kappa shape index (κ1) is 15.8. The fourth-order valence-corrected chi connectivity index (χ4v) is 3.28. The Morgan fingerprint density at radius 2 is 2.00 bits per heavy atom. The molecule has 0 bridgehead atoms. The molecule has 0 radical (unpaired) electrons. The predicted molar refractivity (Wildman–Crippen MR) is 86.2 cm³/mol. The summed E-state index contributed by atoms with van der Waals surface area (Å²) in [5.41, 5.74) is 1.26. The van der Waals surface area contributed by atoms with Crippen LogP contribution in [0.5, 0.6) is 5.75 Å². The second-order valence-electron chi connectivity index (χ2n) is 6.40. The molecule has 0 spiro atoms. The largest absolute Gasteiger partial charge is 0.490 e. The average molecular weight is 305 g/mol.